The molecule has 24 heavy (non-hydrogen) atoms. The highest BCUT2D eigenvalue weighted by Crippen LogP contribution is 2.21. The van der Waals surface area contributed by atoms with E-state index in [1.807, 2.05) is 31.2 Å². The lowest BCUT2D eigenvalue weighted by atomic mass is 10.0. The lowest BCUT2D eigenvalue weighted by Gasteiger charge is -2.17. The summed E-state index contributed by atoms with van der Waals surface area (Å²) in [6, 6.07) is 7.00. The fourth-order valence-corrected chi connectivity index (χ4v) is 2.26. The number of aryl methyl sites for hydroxylation is 2. The number of aliphatic carboxylic acids is 1. The van der Waals surface area contributed by atoms with Crippen LogP contribution in [0.25, 0.3) is 11.3 Å². The zero-order valence-corrected chi connectivity index (χ0v) is 14.1. The molecule has 0 saturated heterocycles. The normalized spacial score (nSPS) is 12.2. The first kappa shape index (κ1) is 17.7. The number of carbonyl (C=O) groups is 2. The number of rotatable bonds is 7. The summed E-state index contributed by atoms with van der Waals surface area (Å²) < 4.78 is 5.65. The Hall–Kier alpha value is -2.63. The van der Waals surface area contributed by atoms with Crippen LogP contribution < -0.4 is 5.32 Å². The monoisotopic (exact) mass is 330 g/mol. The number of benzene rings is 1. The van der Waals surface area contributed by atoms with Gasteiger partial charge in [-0.1, -0.05) is 43.7 Å². The van der Waals surface area contributed by atoms with Gasteiger partial charge in [-0.05, 0) is 12.8 Å². The lowest BCUT2D eigenvalue weighted by Crippen LogP contribution is -2.44. The van der Waals surface area contributed by atoms with Gasteiger partial charge in [0.15, 0.2) is 11.7 Å². The molecule has 1 heterocycles. The van der Waals surface area contributed by atoms with Gasteiger partial charge in [0.05, 0.1) is 6.20 Å². The Bertz CT molecular complexity index is 704. The summed E-state index contributed by atoms with van der Waals surface area (Å²) >= 11 is 0. The molecular weight excluding hydrogens is 308 g/mol. The van der Waals surface area contributed by atoms with Crippen LogP contribution in [0.2, 0.25) is 0 Å². The van der Waals surface area contributed by atoms with Crippen molar-refractivity contribution in [3.05, 3.63) is 41.9 Å². The molecule has 0 radical (unpaired) electrons. The minimum Gasteiger partial charge on any atom is -0.480 e. The minimum absolute atomic E-state index is 0.129. The number of nitrogens with one attached hydrogen (secondary N) is 1. The molecule has 6 heteroatoms. The van der Waals surface area contributed by atoms with Crippen molar-refractivity contribution in [3.63, 3.8) is 0 Å². The zero-order valence-electron chi connectivity index (χ0n) is 14.1. The topological polar surface area (TPSA) is 92.4 Å². The van der Waals surface area contributed by atoms with Crippen molar-refractivity contribution >= 4 is 11.9 Å². The summed E-state index contributed by atoms with van der Waals surface area (Å²) in [7, 11) is 0. The molecule has 1 aromatic heterocycles. The number of carboxylic acids is 1. The second kappa shape index (κ2) is 7.77. The second-order valence-electron chi connectivity index (χ2n) is 6.11. The Balaban J connectivity index is 1.92. The molecule has 0 spiro atoms. The Labute approximate surface area is 140 Å². The molecule has 0 saturated carbocycles. The van der Waals surface area contributed by atoms with Gasteiger partial charge in [0.2, 0.25) is 5.91 Å². The number of nitrogens with zero attached hydrogens (tertiary/aromatic N) is 1. The molecule has 0 aliphatic rings. The van der Waals surface area contributed by atoms with E-state index in [0.29, 0.717) is 18.1 Å². The van der Waals surface area contributed by atoms with Crippen molar-refractivity contribution in [1.82, 2.24) is 10.3 Å². The van der Waals surface area contributed by atoms with E-state index in [4.69, 9.17) is 9.52 Å². The average Bonchev–Trinajstić information content (AvgIpc) is 2.99. The Morgan fingerprint density at radius 2 is 1.92 bits per heavy atom. The number of aromatic nitrogens is 1. The summed E-state index contributed by atoms with van der Waals surface area (Å²) in [5.41, 5.74) is 2.09. The van der Waals surface area contributed by atoms with Gasteiger partial charge in [0.25, 0.3) is 0 Å². The van der Waals surface area contributed by atoms with E-state index in [2.05, 4.69) is 10.3 Å². The zero-order chi connectivity index (χ0) is 17.7. The van der Waals surface area contributed by atoms with Crippen molar-refractivity contribution in [3.8, 4) is 11.3 Å². The number of oxazole rings is 1. The molecule has 128 valence electrons. The van der Waals surface area contributed by atoms with Gasteiger partial charge in [-0.3, -0.25) is 4.79 Å². The molecule has 0 bridgehead atoms. The number of amides is 1. The molecule has 2 aromatic rings. The predicted molar refractivity (Wildman–Crippen MR) is 89.4 cm³/mol. The molecular formula is C18H22N2O4. The standard InChI is InChI=1S/C18H22N2O4/c1-11(2)17(18(22)23)20-15(21)8-9-16-19-10-14(24-16)13-6-4-12(3)5-7-13/h4-7,10-11,17H,8-9H2,1-3H3,(H,20,21)(H,22,23)/t17-/m1/s1. The summed E-state index contributed by atoms with van der Waals surface area (Å²) in [6.07, 6.45) is 2.08. The summed E-state index contributed by atoms with van der Waals surface area (Å²) in [5, 5.41) is 11.6. The van der Waals surface area contributed by atoms with Gasteiger partial charge >= 0.3 is 5.97 Å². The number of hydrogen-bond donors (Lipinski definition) is 2. The van der Waals surface area contributed by atoms with E-state index in [1.54, 1.807) is 20.0 Å². The third kappa shape index (κ3) is 4.68. The maximum atomic E-state index is 11.9. The quantitative estimate of drug-likeness (QED) is 0.814. The first-order valence-electron chi connectivity index (χ1n) is 7.90. The molecule has 2 rings (SSSR count). The van der Waals surface area contributed by atoms with E-state index in [9.17, 15) is 9.59 Å². The minimum atomic E-state index is -1.03. The second-order valence-corrected chi connectivity index (χ2v) is 6.11. The Morgan fingerprint density at radius 3 is 2.50 bits per heavy atom. The van der Waals surface area contributed by atoms with Crippen LogP contribution in [0.15, 0.2) is 34.9 Å². The predicted octanol–water partition coefficient (Wildman–Crippen LogP) is 2.81. The highest BCUT2D eigenvalue weighted by Gasteiger charge is 2.23. The first-order chi connectivity index (χ1) is 11.4. The van der Waals surface area contributed by atoms with Gasteiger partial charge in [-0.2, -0.15) is 0 Å². The van der Waals surface area contributed by atoms with Crippen molar-refractivity contribution in [2.75, 3.05) is 0 Å². The largest absolute Gasteiger partial charge is 0.480 e. The fraction of sp³-hybridized carbons (Fsp3) is 0.389. The van der Waals surface area contributed by atoms with Crippen molar-refractivity contribution in [1.29, 1.82) is 0 Å². The van der Waals surface area contributed by atoms with Gasteiger partial charge < -0.3 is 14.8 Å². The van der Waals surface area contributed by atoms with E-state index in [-0.39, 0.29) is 18.2 Å². The van der Waals surface area contributed by atoms with Crippen LogP contribution in [0.4, 0.5) is 0 Å². The summed E-state index contributed by atoms with van der Waals surface area (Å²) in [4.78, 5) is 27.2. The average molecular weight is 330 g/mol. The molecule has 0 aliphatic heterocycles. The third-order valence-electron chi connectivity index (χ3n) is 3.70. The number of hydrogen-bond acceptors (Lipinski definition) is 4. The SMILES string of the molecule is Cc1ccc(-c2cnc(CCC(=O)N[C@@H](C(=O)O)C(C)C)o2)cc1. The Morgan fingerprint density at radius 1 is 1.25 bits per heavy atom. The van der Waals surface area contributed by atoms with Gasteiger partial charge in [-0.15, -0.1) is 0 Å². The first-order valence-corrected chi connectivity index (χ1v) is 7.90. The van der Waals surface area contributed by atoms with E-state index in [0.717, 1.165) is 11.1 Å². The molecule has 0 aliphatic carbocycles. The molecule has 6 nitrogen and oxygen atoms in total. The van der Waals surface area contributed by atoms with Crippen molar-refractivity contribution in [2.24, 2.45) is 5.92 Å². The van der Waals surface area contributed by atoms with Crippen LogP contribution in [-0.2, 0) is 16.0 Å². The van der Waals surface area contributed by atoms with Gasteiger partial charge in [-0.25, -0.2) is 9.78 Å². The van der Waals surface area contributed by atoms with Crippen molar-refractivity contribution in [2.45, 2.75) is 39.7 Å². The highest BCUT2D eigenvalue weighted by atomic mass is 16.4. The van der Waals surface area contributed by atoms with E-state index >= 15 is 0 Å². The highest BCUT2D eigenvalue weighted by molar-refractivity contribution is 5.83. The van der Waals surface area contributed by atoms with Gasteiger partial charge in [0.1, 0.15) is 6.04 Å². The molecule has 2 N–H and O–H groups in total. The van der Waals surface area contributed by atoms with Gasteiger partial charge in [0, 0.05) is 18.4 Å². The third-order valence-corrected chi connectivity index (χ3v) is 3.70. The molecule has 1 aromatic carbocycles. The molecule has 1 amide bonds. The lowest BCUT2D eigenvalue weighted by molar-refractivity contribution is -0.143. The molecule has 0 unspecified atom stereocenters. The molecule has 1 atom stereocenters. The van der Waals surface area contributed by atoms with Crippen molar-refractivity contribution < 1.29 is 19.1 Å². The van der Waals surface area contributed by atoms with Crippen LogP contribution in [0.3, 0.4) is 0 Å². The number of carboxylic acid groups (broad SMARTS) is 1. The van der Waals surface area contributed by atoms with Crippen LogP contribution in [0.5, 0.6) is 0 Å². The maximum Gasteiger partial charge on any atom is 0.326 e. The fourth-order valence-electron chi connectivity index (χ4n) is 2.26. The Kier molecular flexibility index (Phi) is 5.73. The molecule has 0 fully saturated rings. The smallest absolute Gasteiger partial charge is 0.326 e. The van der Waals surface area contributed by atoms with Crippen LogP contribution >= 0.6 is 0 Å². The summed E-state index contributed by atoms with van der Waals surface area (Å²) in [6.45, 7) is 5.51. The van der Waals surface area contributed by atoms with Crippen LogP contribution in [0, 0.1) is 12.8 Å². The van der Waals surface area contributed by atoms with E-state index in [1.165, 1.54) is 0 Å². The van der Waals surface area contributed by atoms with E-state index < -0.39 is 12.0 Å². The summed E-state index contributed by atoms with van der Waals surface area (Å²) in [5.74, 6) is -0.434. The van der Waals surface area contributed by atoms with Crippen LogP contribution in [-0.4, -0.2) is 28.0 Å². The van der Waals surface area contributed by atoms with Crippen LogP contribution in [0.1, 0.15) is 31.7 Å². The number of carbonyl (C=O) groups excluding carboxylic acids is 1. The maximum absolute atomic E-state index is 11.9.